The summed E-state index contributed by atoms with van der Waals surface area (Å²) >= 11 is 0. The summed E-state index contributed by atoms with van der Waals surface area (Å²) < 4.78 is 0. The first kappa shape index (κ1) is 17.2. The van der Waals surface area contributed by atoms with Crippen molar-refractivity contribution < 1.29 is 0 Å². The van der Waals surface area contributed by atoms with Crippen LogP contribution in [-0.4, -0.2) is 11.4 Å². The van der Waals surface area contributed by atoms with E-state index in [1.54, 1.807) is 0 Å². The van der Waals surface area contributed by atoms with Crippen LogP contribution in [0.4, 0.5) is 0 Å². The van der Waals surface area contributed by atoms with E-state index in [1.165, 1.54) is 16.7 Å². The summed E-state index contributed by atoms with van der Waals surface area (Å²) in [6.07, 6.45) is 3.97. The second-order valence-corrected chi connectivity index (χ2v) is 6.66. The molecule has 1 aliphatic rings. The Morgan fingerprint density at radius 3 is 1.93 bits per heavy atom. The summed E-state index contributed by atoms with van der Waals surface area (Å²) in [4.78, 5) is 0. The fourth-order valence-corrected chi connectivity index (χ4v) is 3.26. The lowest BCUT2D eigenvalue weighted by Gasteiger charge is -2.09. The summed E-state index contributed by atoms with van der Waals surface area (Å²) in [5.41, 5.74) is 7.88. The first-order valence-electron chi connectivity index (χ1n) is 9.39. The number of rotatable bonds is 4. The van der Waals surface area contributed by atoms with Crippen molar-refractivity contribution >= 4 is 17.0 Å². The average Bonchev–Trinajstić information content (AvgIpc) is 2.99. The van der Waals surface area contributed by atoms with Crippen LogP contribution in [0.15, 0.2) is 101 Å². The lowest BCUT2D eigenvalue weighted by molar-refractivity contribution is 1.14. The Balaban J connectivity index is 1.78. The van der Waals surface area contributed by atoms with Crippen LogP contribution < -0.4 is 0 Å². The largest absolute Gasteiger partial charge is 0.154 e. The zero-order valence-electron chi connectivity index (χ0n) is 15.5. The maximum Gasteiger partial charge on any atom is 0.0932 e. The van der Waals surface area contributed by atoms with Gasteiger partial charge in [0.15, 0.2) is 0 Å². The molecule has 0 aromatic heterocycles. The van der Waals surface area contributed by atoms with E-state index in [0.717, 1.165) is 35.4 Å². The third-order valence-corrected chi connectivity index (χ3v) is 4.86. The van der Waals surface area contributed by atoms with Gasteiger partial charge < -0.3 is 0 Å². The molecule has 0 N–H and O–H groups in total. The quantitative estimate of drug-likeness (QED) is 0.557. The highest BCUT2D eigenvalue weighted by Crippen LogP contribution is 2.25. The summed E-state index contributed by atoms with van der Waals surface area (Å²) in [6.45, 7) is 2.17. The molecule has 0 spiro atoms. The van der Waals surface area contributed by atoms with Crippen LogP contribution in [0, 0.1) is 0 Å². The maximum absolute atomic E-state index is 4.64. The number of hydrogen-bond donors (Lipinski definition) is 0. The van der Waals surface area contributed by atoms with Crippen molar-refractivity contribution in [1.82, 2.24) is 0 Å². The van der Waals surface area contributed by atoms with Gasteiger partial charge in [0.05, 0.1) is 11.4 Å². The molecule has 2 nitrogen and oxygen atoms in total. The van der Waals surface area contributed by atoms with E-state index >= 15 is 0 Å². The highest BCUT2D eigenvalue weighted by molar-refractivity contribution is 6.17. The van der Waals surface area contributed by atoms with Gasteiger partial charge in [-0.05, 0) is 34.8 Å². The fraction of sp³-hybridized carbons (Fsp3) is 0.120. The zero-order chi connectivity index (χ0) is 18.5. The van der Waals surface area contributed by atoms with Gasteiger partial charge in [-0.2, -0.15) is 10.2 Å². The van der Waals surface area contributed by atoms with Crippen molar-refractivity contribution in [3.05, 3.63) is 113 Å². The second kappa shape index (κ2) is 7.96. The fourth-order valence-electron chi connectivity index (χ4n) is 3.26. The van der Waals surface area contributed by atoms with E-state index in [0.29, 0.717) is 0 Å². The van der Waals surface area contributed by atoms with E-state index in [9.17, 15) is 0 Å². The number of benzene rings is 3. The lowest BCUT2D eigenvalue weighted by Crippen LogP contribution is -2.02. The first-order valence-corrected chi connectivity index (χ1v) is 9.39. The molecule has 0 bridgehead atoms. The predicted molar refractivity (Wildman–Crippen MR) is 114 cm³/mol. The number of allylic oxidation sites excluding steroid dienone is 2. The molecule has 1 heterocycles. The van der Waals surface area contributed by atoms with Gasteiger partial charge in [0.1, 0.15) is 0 Å². The minimum atomic E-state index is 0.759. The van der Waals surface area contributed by atoms with Crippen LogP contribution in [0.1, 0.15) is 35.6 Å². The van der Waals surface area contributed by atoms with Gasteiger partial charge in [0, 0.05) is 12.0 Å². The molecule has 1 aliphatic heterocycles. The van der Waals surface area contributed by atoms with E-state index in [2.05, 4.69) is 83.9 Å². The molecule has 0 aliphatic carbocycles. The van der Waals surface area contributed by atoms with Crippen LogP contribution in [0.5, 0.6) is 0 Å². The van der Waals surface area contributed by atoms with Crippen molar-refractivity contribution in [2.24, 2.45) is 10.2 Å². The van der Waals surface area contributed by atoms with Crippen LogP contribution in [0.2, 0.25) is 0 Å². The van der Waals surface area contributed by atoms with E-state index in [1.807, 2.05) is 24.3 Å². The normalized spacial score (nSPS) is 14.0. The molecule has 0 amide bonds. The average molecular weight is 350 g/mol. The van der Waals surface area contributed by atoms with Gasteiger partial charge in [-0.1, -0.05) is 91.9 Å². The Morgan fingerprint density at radius 1 is 0.667 bits per heavy atom. The Kier molecular flexibility index (Phi) is 5.06. The van der Waals surface area contributed by atoms with Gasteiger partial charge in [0.25, 0.3) is 0 Å². The highest BCUT2D eigenvalue weighted by Gasteiger charge is 2.14. The van der Waals surface area contributed by atoms with E-state index in [-0.39, 0.29) is 0 Å². The molecule has 0 atom stereocenters. The van der Waals surface area contributed by atoms with Crippen LogP contribution >= 0.6 is 0 Å². The monoisotopic (exact) mass is 350 g/mol. The molecule has 0 saturated carbocycles. The Morgan fingerprint density at radius 2 is 1.30 bits per heavy atom. The molecule has 2 heteroatoms. The van der Waals surface area contributed by atoms with E-state index < -0.39 is 0 Å². The standard InChI is InChI=1S/C25H22N2/c1-2-19-13-15-22(16-14-19)25-18-23(20-9-5-3-6-10-20)17-24(26-27-25)21-11-7-4-8-12-21/h3-17H,2,18H2,1H3. The van der Waals surface area contributed by atoms with Crippen molar-refractivity contribution in [3.8, 4) is 0 Å². The molecule has 3 aromatic carbocycles. The first-order chi connectivity index (χ1) is 13.3. The summed E-state index contributed by atoms with van der Waals surface area (Å²) in [5.74, 6) is 0. The molecule has 132 valence electrons. The highest BCUT2D eigenvalue weighted by atomic mass is 15.2. The number of aryl methyl sites for hydroxylation is 1. The maximum atomic E-state index is 4.64. The molecule has 0 fully saturated rings. The molecule has 0 radical (unpaired) electrons. The smallest absolute Gasteiger partial charge is 0.0932 e. The molecule has 3 aromatic rings. The van der Waals surface area contributed by atoms with Gasteiger partial charge in [-0.3, -0.25) is 0 Å². The van der Waals surface area contributed by atoms with Gasteiger partial charge in [-0.25, -0.2) is 0 Å². The molecule has 0 saturated heterocycles. The van der Waals surface area contributed by atoms with Crippen molar-refractivity contribution in [3.63, 3.8) is 0 Å². The SMILES string of the molecule is CCc1ccc(C2=NN=C(c3ccccc3)C=C(c3ccccc3)C2)cc1. The van der Waals surface area contributed by atoms with Crippen molar-refractivity contribution in [1.29, 1.82) is 0 Å². The topological polar surface area (TPSA) is 24.7 Å². The third-order valence-electron chi connectivity index (χ3n) is 4.86. The number of nitrogens with zero attached hydrogens (tertiary/aromatic N) is 2. The predicted octanol–water partition coefficient (Wildman–Crippen LogP) is 5.93. The minimum Gasteiger partial charge on any atom is -0.154 e. The van der Waals surface area contributed by atoms with Crippen LogP contribution in [0.3, 0.4) is 0 Å². The summed E-state index contributed by atoms with van der Waals surface area (Å²) in [6, 6.07) is 29.4. The van der Waals surface area contributed by atoms with Gasteiger partial charge >= 0.3 is 0 Å². The zero-order valence-corrected chi connectivity index (χ0v) is 15.5. The van der Waals surface area contributed by atoms with Gasteiger partial charge in [0.2, 0.25) is 0 Å². The van der Waals surface area contributed by atoms with Crippen molar-refractivity contribution in [2.45, 2.75) is 19.8 Å². The van der Waals surface area contributed by atoms with Crippen LogP contribution in [0.25, 0.3) is 5.57 Å². The summed E-state index contributed by atoms with van der Waals surface area (Å²) in [5, 5.41) is 9.23. The Hall–Kier alpha value is -3.26. The molecule has 0 unspecified atom stereocenters. The Bertz CT molecular complexity index is 995. The second-order valence-electron chi connectivity index (χ2n) is 6.66. The minimum absolute atomic E-state index is 0.759. The Labute approximate surface area is 160 Å². The molecular weight excluding hydrogens is 328 g/mol. The third kappa shape index (κ3) is 3.95. The van der Waals surface area contributed by atoms with E-state index in [4.69, 9.17) is 0 Å². The van der Waals surface area contributed by atoms with Crippen LogP contribution in [-0.2, 0) is 6.42 Å². The molecule has 27 heavy (non-hydrogen) atoms. The lowest BCUT2D eigenvalue weighted by atomic mass is 9.94. The van der Waals surface area contributed by atoms with Crippen molar-refractivity contribution in [2.75, 3.05) is 0 Å². The summed E-state index contributed by atoms with van der Waals surface area (Å²) in [7, 11) is 0. The van der Waals surface area contributed by atoms with Gasteiger partial charge in [-0.15, -0.1) is 0 Å². The number of hydrogen-bond acceptors (Lipinski definition) is 2. The molecular formula is C25H22N2. The molecule has 4 rings (SSSR count).